The number of nitrogens with zero attached hydrogens (tertiary/aromatic N) is 1. The van der Waals surface area contributed by atoms with Crippen LogP contribution in [0.5, 0.6) is 0 Å². The van der Waals surface area contributed by atoms with E-state index in [1.807, 2.05) is 44.2 Å². The highest BCUT2D eigenvalue weighted by molar-refractivity contribution is 7.83. The van der Waals surface area contributed by atoms with Gasteiger partial charge in [-0.2, -0.15) is 5.10 Å². The molecular weight excluding hydrogens is 328 g/mol. The van der Waals surface area contributed by atoms with Gasteiger partial charge in [-0.25, -0.2) is 9.04 Å². The van der Waals surface area contributed by atoms with E-state index in [4.69, 9.17) is 0 Å². The molecule has 0 radical (unpaired) electrons. The van der Waals surface area contributed by atoms with Gasteiger partial charge < -0.3 is 0 Å². The second-order valence-corrected chi connectivity index (χ2v) is 7.33. The van der Waals surface area contributed by atoms with Crippen LogP contribution in [0.1, 0.15) is 55.9 Å². The number of hydrogen-bond acceptors (Lipinski definition) is 2. The van der Waals surface area contributed by atoms with E-state index in [9.17, 15) is 4.21 Å². The summed E-state index contributed by atoms with van der Waals surface area (Å²) in [5.41, 5.74) is 5.42. The fourth-order valence-corrected chi connectivity index (χ4v) is 2.97. The maximum absolute atomic E-state index is 12.2. The molecule has 2 aromatic rings. The van der Waals surface area contributed by atoms with Crippen LogP contribution in [0.4, 0.5) is 0 Å². The Morgan fingerprint density at radius 2 is 1.48 bits per heavy atom. The van der Waals surface area contributed by atoms with Crippen molar-refractivity contribution in [3.05, 3.63) is 64.7 Å². The van der Waals surface area contributed by atoms with Gasteiger partial charge in [-0.3, -0.25) is 0 Å². The number of hydrazone groups is 1. The third-order valence-corrected chi connectivity index (χ3v) is 4.83. The summed E-state index contributed by atoms with van der Waals surface area (Å²) in [5, 5.41) is 4.28. The number of hydrogen-bond donors (Lipinski definition) is 1. The Labute approximate surface area is 155 Å². The maximum atomic E-state index is 12.2. The number of benzene rings is 2. The van der Waals surface area contributed by atoms with E-state index in [1.165, 1.54) is 24.0 Å². The number of rotatable bonds is 5. The minimum Gasteiger partial charge on any atom is -0.230 e. The van der Waals surface area contributed by atoms with E-state index < -0.39 is 11.0 Å². The average molecular weight is 359 g/mol. The van der Waals surface area contributed by atoms with Gasteiger partial charge in [-0.15, -0.1) is 0 Å². The molecule has 0 heterocycles. The van der Waals surface area contributed by atoms with Crippen molar-refractivity contribution in [3.63, 3.8) is 0 Å². The topological polar surface area (TPSA) is 41.5 Å². The van der Waals surface area contributed by atoms with E-state index in [2.05, 4.69) is 49.8 Å². The van der Waals surface area contributed by atoms with Crippen molar-refractivity contribution in [2.75, 3.05) is 0 Å². The van der Waals surface area contributed by atoms with Crippen molar-refractivity contribution < 1.29 is 4.21 Å². The summed E-state index contributed by atoms with van der Waals surface area (Å²) in [6.07, 6.45) is 2.64. The molecule has 0 aliphatic rings. The van der Waals surface area contributed by atoms with Crippen molar-refractivity contribution in [3.8, 4) is 0 Å². The Morgan fingerprint density at radius 3 is 1.96 bits per heavy atom. The largest absolute Gasteiger partial charge is 0.230 e. The van der Waals surface area contributed by atoms with Crippen LogP contribution < -0.4 is 4.83 Å². The van der Waals surface area contributed by atoms with E-state index >= 15 is 0 Å². The highest BCUT2D eigenvalue weighted by Gasteiger charge is 2.07. The predicted octanol–water partition coefficient (Wildman–Crippen LogP) is 5.45. The van der Waals surface area contributed by atoms with Gasteiger partial charge in [0.2, 0.25) is 0 Å². The summed E-state index contributed by atoms with van der Waals surface area (Å²) in [4.78, 5) is 3.45. The van der Waals surface area contributed by atoms with Crippen molar-refractivity contribution >= 4 is 16.7 Å². The molecule has 0 spiro atoms. The zero-order valence-corrected chi connectivity index (χ0v) is 17.0. The van der Waals surface area contributed by atoms with Gasteiger partial charge >= 0.3 is 0 Å². The Bertz CT molecular complexity index is 699. The molecule has 0 aromatic heterocycles. The minimum atomic E-state index is -1.34. The first-order valence-corrected chi connectivity index (χ1v) is 9.90. The molecule has 1 N–H and O–H groups in total. The minimum absolute atomic E-state index is 0.721. The fraction of sp³-hybridized carbons (Fsp3) is 0.381. The molecule has 3 nitrogen and oxygen atoms in total. The van der Waals surface area contributed by atoms with E-state index in [1.54, 1.807) is 0 Å². The first kappa shape index (κ1) is 21.1. The van der Waals surface area contributed by atoms with Crippen LogP contribution in [0.3, 0.4) is 0 Å². The molecule has 0 amide bonds. The van der Waals surface area contributed by atoms with E-state index in [-0.39, 0.29) is 0 Å². The van der Waals surface area contributed by atoms with Gasteiger partial charge in [-0.1, -0.05) is 62.6 Å². The molecule has 25 heavy (non-hydrogen) atoms. The maximum Gasteiger partial charge on any atom is 0.166 e. The van der Waals surface area contributed by atoms with Gasteiger partial charge in [-0.05, 0) is 51.0 Å². The lowest BCUT2D eigenvalue weighted by Gasteiger charge is -2.09. The Hall–Kier alpha value is -1.94. The number of nitrogens with one attached hydrogen (secondary N) is 1. The van der Waals surface area contributed by atoms with E-state index in [0.29, 0.717) is 0 Å². The molecule has 2 rings (SSSR count). The summed E-state index contributed by atoms with van der Waals surface area (Å²) in [7, 11) is -1.34. The molecule has 136 valence electrons. The molecule has 0 fully saturated rings. The third-order valence-electron chi connectivity index (χ3n) is 3.87. The van der Waals surface area contributed by atoms with Crippen LogP contribution in [0, 0.1) is 20.8 Å². The molecule has 1 atom stereocenters. The van der Waals surface area contributed by atoms with Gasteiger partial charge in [0.25, 0.3) is 0 Å². The zero-order valence-electron chi connectivity index (χ0n) is 16.2. The molecule has 1 unspecified atom stereocenters. The first-order chi connectivity index (χ1) is 11.9. The first-order valence-electron chi connectivity index (χ1n) is 8.75. The van der Waals surface area contributed by atoms with Crippen LogP contribution in [0.2, 0.25) is 0 Å². The van der Waals surface area contributed by atoms with Crippen LogP contribution in [-0.2, 0) is 11.0 Å². The Balaban J connectivity index is 0.000000705. The normalized spacial score (nSPS) is 12.2. The molecule has 0 aliphatic heterocycles. The van der Waals surface area contributed by atoms with Crippen molar-refractivity contribution in [1.29, 1.82) is 0 Å². The molecule has 4 heteroatoms. The van der Waals surface area contributed by atoms with Gasteiger partial charge in [0.15, 0.2) is 11.0 Å². The third kappa shape index (κ3) is 6.83. The summed E-state index contributed by atoms with van der Waals surface area (Å²) in [6.45, 7) is 12.4. The second kappa shape index (κ2) is 10.8. The van der Waals surface area contributed by atoms with Crippen LogP contribution >= 0.6 is 0 Å². The smallest absolute Gasteiger partial charge is 0.166 e. The van der Waals surface area contributed by atoms with Crippen molar-refractivity contribution in [2.24, 2.45) is 5.10 Å². The fourth-order valence-electron chi connectivity index (χ4n) is 2.27. The number of aryl methyl sites for hydroxylation is 3. The lowest BCUT2D eigenvalue weighted by Crippen LogP contribution is -2.14. The van der Waals surface area contributed by atoms with Crippen LogP contribution in [0.15, 0.2) is 52.5 Å². The quantitative estimate of drug-likeness (QED) is 0.560. The van der Waals surface area contributed by atoms with Gasteiger partial charge in [0.05, 0.1) is 10.6 Å². The molecular formula is C21H30N2OS. The van der Waals surface area contributed by atoms with Crippen molar-refractivity contribution in [2.45, 2.75) is 59.3 Å². The lowest BCUT2D eigenvalue weighted by molar-refractivity contribution is 0.675. The number of unbranched alkanes of at least 4 members (excludes halogenated alkanes) is 1. The highest BCUT2D eigenvalue weighted by Crippen LogP contribution is 2.14. The molecule has 2 aromatic carbocycles. The molecule has 0 saturated heterocycles. The van der Waals surface area contributed by atoms with Gasteiger partial charge in [0, 0.05) is 5.56 Å². The zero-order chi connectivity index (χ0) is 18.8. The van der Waals surface area contributed by atoms with E-state index in [0.717, 1.165) is 21.7 Å². The van der Waals surface area contributed by atoms with Crippen LogP contribution in [-0.4, -0.2) is 9.92 Å². The Kier molecular flexibility index (Phi) is 9.14. The summed E-state index contributed by atoms with van der Waals surface area (Å²) < 4.78 is 12.2. The molecule has 0 aliphatic carbocycles. The monoisotopic (exact) mass is 358 g/mol. The lowest BCUT2D eigenvalue weighted by atomic mass is 10.00. The van der Waals surface area contributed by atoms with Crippen LogP contribution in [0.25, 0.3) is 0 Å². The van der Waals surface area contributed by atoms with Gasteiger partial charge in [0.1, 0.15) is 0 Å². The highest BCUT2D eigenvalue weighted by atomic mass is 32.2. The summed E-state index contributed by atoms with van der Waals surface area (Å²) in [6, 6.07) is 13.7. The average Bonchev–Trinajstić information content (AvgIpc) is 2.60. The molecule has 0 bridgehead atoms. The van der Waals surface area contributed by atoms with Crippen molar-refractivity contribution in [1.82, 2.24) is 4.83 Å². The second-order valence-electron chi connectivity index (χ2n) is 6.14. The SMILES string of the molecule is C/C(=N/NS(=O)c1ccc(C)cc1)c1c(C)cccc1C.CCCC. The predicted molar refractivity (Wildman–Crippen MR) is 109 cm³/mol. The summed E-state index contributed by atoms with van der Waals surface area (Å²) in [5.74, 6) is 0. The summed E-state index contributed by atoms with van der Waals surface area (Å²) >= 11 is 0. The molecule has 0 saturated carbocycles. The Morgan fingerprint density at radius 1 is 0.960 bits per heavy atom. The standard InChI is InChI=1S/C17H20N2OS.C4H10/c1-12-8-10-16(11-9-12)21(20)19-18-15(4)17-13(2)6-5-7-14(17)3;1-3-4-2/h5-11,19H,1-4H3;3-4H2,1-2H3/b18-15-;.